The van der Waals surface area contributed by atoms with Crippen molar-refractivity contribution in [3.8, 4) is 0 Å². The molecule has 0 amide bonds. The summed E-state index contributed by atoms with van der Waals surface area (Å²) in [7, 11) is 0. The zero-order valence-electron chi connectivity index (χ0n) is 29.5. The van der Waals surface area contributed by atoms with Gasteiger partial charge in [-0.25, -0.2) is 0 Å². The van der Waals surface area contributed by atoms with E-state index >= 15 is 0 Å². The van der Waals surface area contributed by atoms with Crippen LogP contribution in [-0.4, -0.2) is 276 Å². The first-order valence-electron chi connectivity index (χ1n) is 17.5. The van der Waals surface area contributed by atoms with Crippen LogP contribution in [0.2, 0.25) is 0 Å². The Morgan fingerprint density at radius 2 is 0.857 bits per heavy atom. The van der Waals surface area contributed by atoms with Crippen LogP contribution in [0.4, 0.5) is 0 Å². The third-order valence-corrected chi connectivity index (χ3v) is 10.3. The third-order valence-electron chi connectivity index (χ3n) is 10.3. The summed E-state index contributed by atoms with van der Waals surface area (Å²) in [6.07, 6.45) is -40.0. The lowest BCUT2D eigenvalue weighted by Crippen LogP contribution is -2.75. The smallest absolute Gasteiger partial charge is 0.225 e. The number of ether oxygens (including phenoxy) is 7. The van der Waals surface area contributed by atoms with E-state index in [2.05, 4.69) is 0 Å². The third kappa shape index (κ3) is 9.31. The van der Waals surface area contributed by atoms with Gasteiger partial charge in [-0.15, -0.1) is 0 Å². The largest absolute Gasteiger partial charge is 0.394 e. The summed E-state index contributed by atoms with van der Waals surface area (Å²) >= 11 is 0. The van der Waals surface area contributed by atoms with Gasteiger partial charge in [0.1, 0.15) is 122 Å². The second-order valence-corrected chi connectivity index (χ2v) is 14.1. The van der Waals surface area contributed by atoms with Gasteiger partial charge < -0.3 is 130 Å². The van der Waals surface area contributed by atoms with Crippen molar-refractivity contribution in [3.05, 3.63) is 0 Å². The van der Waals surface area contributed by atoms with Crippen LogP contribution in [0, 0.1) is 0 Å². The summed E-state index contributed by atoms with van der Waals surface area (Å²) in [5, 5.41) is 188. The molecule has 0 saturated carbocycles. The van der Waals surface area contributed by atoms with Crippen molar-refractivity contribution < 1.29 is 130 Å². The van der Waals surface area contributed by atoms with Crippen molar-refractivity contribution in [1.29, 1.82) is 0 Å². The minimum Gasteiger partial charge on any atom is -0.394 e. The predicted octanol–water partition coefficient (Wildman–Crippen LogP) is -12.6. The zero-order valence-corrected chi connectivity index (χ0v) is 29.5. The van der Waals surface area contributed by atoms with Gasteiger partial charge in [0.25, 0.3) is 0 Å². The van der Waals surface area contributed by atoms with Crippen molar-refractivity contribution in [2.75, 3.05) is 26.4 Å². The predicted molar refractivity (Wildman–Crippen MR) is 169 cm³/mol. The zero-order chi connectivity index (χ0) is 42.1. The summed E-state index contributed by atoms with van der Waals surface area (Å²) in [5.41, 5.74) is 0. The van der Waals surface area contributed by atoms with Crippen LogP contribution in [0.25, 0.3) is 0 Å². The van der Waals surface area contributed by atoms with Crippen LogP contribution in [0.5, 0.6) is 0 Å². The topological polar surface area (TPSA) is 449 Å². The highest BCUT2D eigenvalue weighted by molar-refractivity contribution is 5.06. The first kappa shape index (κ1) is 47.6. The molecule has 5 heterocycles. The monoisotopic (exact) mass is 830 g/mol. The SMILES string of the molecule is C[C@@H]1OC(C2(O)O[C@H](CO)[C@@H](O[C@@H]3O[C@H](CO)[C@H](O)[C@H](O)[C@H]3O)[C@H](O)[C@H]2O)[C@@H](O)[C@H](O)[C@@H]1O.OC[C@H]1O[C@@H](O[C@H]2[C@H](O)[C@@H](O)C(O)O[C@@H]2CO)[C@H](O)[C@@H](O)[C@H]1O. The van der Waals surface area contributed by atoms with E-state index in [4.69, 9.17) is 38.3 Å². The van der Waals surface area contributed by atoms with E-state index in [0.29, 0.717) is 0 Å². The molecule has 19 N–H and O–H groups in total. The molecule has 0 radical (unpaired) electrons. The Morgan fingerprint density at radius 1 is 0.429 bits per heavy atom. The van der Waals surface area contributed by atoms with Crippen LogP contribution < -0.4 is 0 Å². The maximum atomic E-state index is 11.0. The van der Waals surface area contributed by atoms with Gasteiger partial charge in [-0.05, 0) is 6.92 Å². The molecular formula is C30H54O26. The molecular weight excluding hydrogens is 776 g/mol. The van der Waals surface area contributed by atoms with Crippen molar-refractivity contribution in [1.82, 2.24) is 0 Å². The first-order chi connectivity index (χ1) is 26.2. The lowest BCUT2D eigenvalue weighted by atomic mass is 9.83. The Labute approximate surface area is 316 Å². The number of aliphatic hydroxyl groups excluding tert-OH is 18. The van der Waals surface area contributed by atoms with Crippen LogP contribution >= 0.6 is 0 Å². The number of hydrogen-bond acceptors (Lipinski definition) is 26. The molecule has 0 aromatic carbocycles. The fourth-order valence-electron chi connectivity index (χ4n) is 6.87. The highest BCUT2D eigenvalue weighted by Crippen LogP contribution is 2.39. The second-order valence-electron chi connectivity index (χ2n) is 14.1. The molecule has 5 saturated heterocycles. The van der Waals surface area contributed by atoms with Gasteiger partial charge in [-0.2, -0.15) is 0 Å². The van der Waals surface area contributed by atoms with Gasteiger partial charge in [0, 0.05) is 0 Å². The molecule has 5 fully saturated rings. The number of rotatable bonds is 9. The Bertz CT molecular complexity index is 1200. The average molecular weight is 831 g/mol. The van der Waals surface area contributed by atoms with E-state index in [-0.39, 0.29) is 0 Å². The maximum Gasteiger partial charge on any atom is 0.225 e. The van der Waals surface area contributed by atoms with E-state index in [1.807, 2.05) is 0 Å². The van der Waals surface area contributed by atoms with E-state index in [9.17, 15) is 91.9 Å². The van der Waals surface area contributed by atoms with Gasteiger partial charge >= 0.3 is 0 Å². The van der Waals surface area contributed by atoms with Crippen molar-refractivity contribution in [3.63, 3.8) is 0 Å². The molecule has 25 atom stereocenters. The molecule has 5 rings (SSSR count). The second kappa shape index (κ2) is 19.6. The minimum absolute atomic E-state index is 0.667. The molecule has 330 valence electrons. The normalized spacial score (nSPS) is 54.2. The molecule has 5 aliphatic heterocycles. The summed E-state index contributed by atoms with van der Waals surface area (Å²) in [5.74, 6) is -2.89. The maximum absolute atomic E-state index is 11.0. The van der Waals surface area contributed by atoms with Crippen LogP contribution in [0.15, 0.2) is 0 Å². The molecule has 5 aliphatic rings. The average Bonchev–Trinajstić information content (AvgIpc) is 3.18. The lowest BCUT2D eigenvalue weighted by molar-refractivity contribution is -0.419. The van der Waals surface area contributed by atoms with Crippen molar-refractivity contribution >= 4 is 0 Å². The van der Waals surface area contributed by atoms with Gasteiger partial charge in [0.2, 0.25) is 5.79 Å². The number of aliphatic hydroxyl groups is 19. The molecule has 3 unspecified atom stereocenters. The lowest BCUT2D eigenvalue weighted by Gasteiger charge is -2.53. The Hall–Kier alpha value is -1.04. The van der Waals surface area contributed by atoms with Crippen molar-refractivity contribution in [2.24, 2.45) is 0 Å². The van der Waals surface area contributed by atoms with E-state index in [1.165, 1.54) is 6.92 Å². The van der Waals surface area contributed by atoms with E-state index in [1.54, 1.807) is 0 Å². The van der Waals surface area contributed by atoms with E-state index < -0.39 is 179 Å². The Morgan fingerprint density at radius 3 is 1.30 bits per heavy atom. The van der Waals surface area contributed by atoms with Gasteiger partial charge in [-0.3, -0.25) is 0 Å². The molecule has 26 nitrogen and oxygen atoms in total. The summed E-state index contributed by atoms with van der Waals surface area (Å²) < 4.78 is 36.5. The Balaban J connectivity index is 0.000000265. The summed E-state index contributed by atoms with van der Waals surface area (Å²) in [6, 6.07) is 0. The highest BCUT2D eigenvalue weighted by atomic mass is 16.7. The molecule has 0 aromatic heterocycles. The molecule has 0 aliphatic carbocycles. The van der Waals surface area contributed by atoms with Crippen molar-refractivity contribution in [2.45, 2.75) is 160 Å². The fraction of sp³-hybridized carbons (Fsp3) is 1.00. The molecule has 56 heavy (non-hydrogen) atoms. The fourth-order valence-corrected chi connectivity index (χ4v) is 6.87. The van der Waals surface area contributed by atoms with Gasteiger partial charge in [-0.1, -0.05) is 0 Å². The molecule has 0 aromatic rings. The number of hydrogen-bond donors (Lipinski definition) is 19. The molecule has 0 bridgehead atoms. The quantitative estimate of drug-likeness (QED) is 0.103. The van der Waals surface area contributed by atoms with Crippen LogP contribution in [0.3, 0.4) is 0 Å². The van der Waals surface area contributed by atoms with E-state index in [0.717, 1.165) is 0 Å². The van der Waals surface area contributed by atoms with Gasteiger partial charge in [0.15, 0.2) is 18.9 Å². The molecule has 26 heteroatoms. The Kier molecular flexibility index (Phi) is 16.6. The van der Waals surface area contributed by atoms with Gasteiger partial charge in [0.05, 0.1) is 32.5 Å². The minimum atomic E-state index is -2.89. The standard InChI is InChI=1S/C18H32O15.C12H22O11/c1-4-7(21)9(23)11(25)16(30-4)18(29)15(28)13(27)14(6(3-20)33-18)32-17-12(26)10(24)8(22)5(2-19)31-17;13-1-3-5(15)6(16)9(19)12(22-3)23-10-4(2-14)21-11(20)8(18)7(10)17/h4-17,19-29H,2-3H2,1H3;3-20H,1-2H2/t4-,5+,6+,7+,8-,9+,10-,11-,12+,13-,14+,15+,16?,17-,18?;3-,4-,5+,6+,7-,8-,9-,10-,11?,12+/m01/s1. The van der Waals surface area contributed by atoms with Crippen LogP contribution in [0.1, 0.15) is 6.92 Å². The first-order valence-corrected chi connectivity index (χ1v) is 17.5. The summed E-state index contributed by atoms with van der Waals surface area (Å²) in [4.78, 5) is 0. The highest BCUT2D eigenvalue weighted by Gasteiger charge is 2.63. The summed E-state index contributed by atoms with van der Waals surface area (Å²) in [6.45, 7) is -1.72. The van der Waals surface area contributed by atoms with Crippen LogP contribution in [-0.2, 0) is 33.2 Å². The molecule has 0 spiro atoms.